The summed E-state index contributed by atoms with van der Waals surface area (Å²) in [4.78, 5) is 11.1. The topological polar surface area (TPSA) is 55.1 Å². The summed E-state index contributed by atoms with van der Waals surface area (Å²) in [5.74, 6) is 0.908. The SMILES string of the molecule is CC1(CNCc2cccc(C(N)=O)c2)CCCS1. The molecule has 2 rings (SSSR count). The minimum atomic E-state index is -0.366. The zero-order valence-corrected chi connectivity index (χ0v) is 11.6. The molecular weight excluding hydrogens is 244 g/mol. The summed E-state index contributed by atoms with van der Waals surface area (Å²) in [6.45, 7) is 4.12. The number of hydrogen-bond acceptors (Lipinski definition) is 3. The van der Waals surface area contributed by atoms with Gasteiger partial charge in [-0.1, -0.05) is 12.1 Å². The zero-order chi connectivity index (χ0) is 13.0. The summed E-state index contributed by atoms with van der Waals surface area (Å²) < 4.78 is 0.376. The maximum absolute atomic E-state index is 11.1. The van der Waals surface area contributed by atoms with Crippen molar-refractivity contribution in [2.45, 2.75) is 31.1 Å². The highest BCUT2D eigenvalue weighted by Gasteiger charge is 2.28. The molecule has 1 fully saturated rings. The number of rotatable bonds is 5. The molecule has 1 aromatic rings. The molecule has 4 heteroatoms. The Kier molecular flexibility index (Phi) is 4.30. The normalized spacial score (nSPS) is 23.2. The van der Waals surface area contributed by atoms with Crippen LogP contribution in [0, 0.1) is 0 Å². The Morgan fingerprint density at radius 1 is 1.56 bits per heavy atom. The molecule has 0 aromatic heterocycles. The third-order valence-corrected chi connectivity index (χ3v) is 4.88. The van der Waals surface area contributed by atoms with E-state index in [0.29, 0.717) is 10.3 Å². The third-order valence-electron chi connectivity index (χ3n) is 3.34. The molecule has 0 saturated carbocycles. The molecule has 1 aliphatic heterocycles. The van der Waals surface area contributed by atoms with Crippen molar-refractivity contribution >= 4 is 17.7 Å². The van der Waals surface area contributed by atoms with Gasteiger partial charge in [-0.05, 0) is 43.2 Å². The fraction of sp³-hybridized carbons (Fsp3) is 0.500. The number of amides is 1. The Morgan fingerprint density at radius 3 is 3.06 bits per heavy atom. The van der Waals surface area contributed by atoms with Crippen LogP contribution < -0.4 is 11.1 Å². The van der Waals surface area contributed by atoms with Gasteiger partial charge in [-0.15, -0.1) is 0 Å². The molecule has 1 aromatic carbocycles. The fourth-order valence-corrected chi connectivity index (χ4v) is 3.56. The Labute approximate surface area is 113 Å². The predicted molar refractivity (Wildman–Crippen MR) is 76.8 cm³/mol. The van der Waals surface area contributed by atoms with Crippen molar-refractivity contribution in [3.63, 3.8) is 0 Å². The van der Waals surface area contributed by atoms with Crippen LogP contribution in [-0.2, 0) is 6.54 Å². The molecule has 0 bridgehead atoms. The van der Waals surface area contributed by atoms with Gasteiger partial charge >= 0.3 is 0 Å². The second-order valence-electron chi connectivity index (χ2n) is 5.07. The van der Waals surface area contributed by atoms with E-state index in [4.69, 9.17) is 5.73 Å². The first-order valence-corrected chi connectivity index (χ1v) is 7.31. The molecule has 98 valence electrons. The minimum absolute atomic E-state index is 0.366. The maximum atomic E-state index is 11.1. The highest BCUT2D eigenvalue weighted by atomic mass is 32.2. The summed E-state index contributed by atoms with van der Waals surface area (Å²) in [7, 11) is 0. The molecule has 3 N–H and O–H groups in total. The first-order chi connectivity index (χ1) is 8.59. The van der Waals surface area contributed by atoms with Gasteiger partial charge in [-0.25, -0.2) is 0 Å². The predicted octanol–water partition coefficient (Wildman–Crippen LogP) is 2.16. The number of nitrogens with one attached hydrogen (secondary N) is 1. The Bertz CT molecular complexity index is 428. The molecule has 1 unspecified atom stereocenters. The number of carbonyl (C=O) groups is 1. The number of benzene rings is 1. The first-order valence-electron chi connectivity index (χ1n) is 6.32. The minimum Gasteiger partial charge on any atom is -0.366 e. The molecule has 3 nitrogen and oxygen atoms in total. The van der Waals surface area contributed by atoms with Crippen LogP contribution >= 0.6 is 11.8 Å². The molecule has 1 amide bonds. The Balaban J connectivity index is 1.86. The monoisotopic (exact) mass is 264 g/mol. The Morgan fingerprint density at radius 2 is 2.39 bits per heavy atom. The molecule has 0 spiro atoms. The lowest BCUT2D eigenvalue weighted by Crippen LogP contribution is -2.32. The Hall–Kier alpha value is -1.00. The number of carbonyl (C=O) groups excluding carboxylic acids is 1. The van der Waals surface area contributed by atoms with Gasteiger partial charge in [0.2, 0.25) is 5.91 Å². The number of nitrogens with two attached hydrogens (primary N) is 1. The van der Waals surface area contributed by atoms with Crippen LogP contribution in [0.2, 0.25) is 0 Å². The molecule has 1 atom stereocenters. The fourth-order valence-electron chi connectivity index (χ4n) is 2.28. The molecular formula is C14H20N2OS. The highest BCUT2D eigenvalue weighted by Crippen LogP contribution is 2.36. The lowest BCUT2D eigenvalue weighted by atomic mass is 10.1. The van der Waals surface area contributed by atoms with E-state index in [1.165, 1.54) is 18.6 Å². The van der Waals surface area contributed by atoms with Crippen LogP contribution in [0.25, 0.3) is 0 Å². The van der Waals surface area contributed by atoms with Crippen LogP contribution in [-0.4, -0.2) is 23.0 Å². The van der Waals surface area contributed by atoms with Crippen LogP contribution in [0.1, 0.15) is 35.7 Å². The lowest BCUT2D eigenvalue weighted by Gasteiger charge is -2.23. The van der Waals surface area contributed by atoms with Crippen LogP contribution in [0.4, 0.5) is 0 Å². The van der Waals surface area contributed by atoms with Crippen molar-refractivity contribution in [3.05, 3.63) is 35.4 Å². The van der Waals surface area contributed by atoms with Gasteiger partial charge in [-0.3, -0.25) is 4.79 Å². The molecule has 0 aliphatic carbocycles. The third kappa shape index (κ3) is 3.50. The largest absolute Gasteiger partial charge is 0.366 e. The van der Waals surface area contributed by atoms with Gasteiger partial charge in [0.1, 0.15) is 0 Å². The highest BCUT2D eigenvalue weighted by molar-refractivity contribution is 8.00. The standard InChI is InChI=1S/C14H20N2OS/c1-14(6-3-7-18-14)10-16-9-11-4-2-5-12(8-11)13(15)17/h2,4-5,8,16H,3,6-7,9-10H2,1H3,(H2,15,17). The van der Waals surface area contributed by atoms with Crippen LogP contribution in [0.5, 0.6) is 0 Å². The summed E-state index contributed by atoms with van der Waals surface area (Å²) in [6.07, 6.45) is 2.60. The second-order valence-corrected chi connectivity index (χ2v) is 6.75. The van der Waals surface area contributed by atoms with E-state index >= 15 is 0 Å². The van der Waals surface area contributed by atoms with E-state index in [2.05, 4.69) is 24.0 Å². The van der Waals surface area contributed by atoms with E-state index in [1.54, 1.807) is 6.07 Å². The van der Waals surface area contributed by atoms with Gasteiger partial charge in [0, 0.05) is 23.4 Å². The van der Waals surface area contributed by atoms with Gasteiger partial charge in [0.15, 0.2) is 0 Å². The summed E-state index contributed by atoms with van der Waals surface area (Å²) in [5, 5.41) is 3.48. The van der Waals surface area contributed by atoms with Crippen LogP contribution in [0.3, 0.4) is 0 Å². The van der Waals surface area contributed by atoms with Gasteiger partial charge in [0.05, 0.1) is 0 Å². The molecule has 18 heavy (non-hydrogen) atoms. The van der Waals surface area contributed by atoms with Crippen molar-refractivity contribution in [2.24, 2.45) is 5.73 Å². The second kappa shape index (κ2) is 5.76. The van der Waals surface area contributed by atoms with Crippen molar-refractivity contribution in [2.75, 3.05) is 12.3 Å². The smallest absolute Gasteiger partial charge is 0.248 e. The van der Waals surface area contributed by atoms with Crippen molar-refractivity contribution in [1.82, 2.24) is 5.32 Å². The van der Waals surface area contributed by atoms with Gasteiger partial charge in [0.25, 0.3) is 0 Å². The quantitative estimate of drug-likeness (QED) is 0.857. The van der Waals surface area contributed by atoms with E-state index in [1.807, 2.05) is 18.2 Å². The van der Waals surface area contributed by atoms with Crippen LogP contribution in [0.15, 0.2) is 24.3 Å². The number of thioether (sulfide) groups is 1. The van der Waals surface area contributed by atoms with Gasteiger partial charge in [-0.2, -0.15) is 11.8 Å². The first kappa shape index (κ1) is 13.4. The van der Waals surface area contributed by atoms with E-state index < -0.39 is 0 Å². The average Bonchev–Trinajstić information content (AvgIpc) is 2.77. The van der Waals surface area contributed by atoms with Gasteiger partial charge < -0.3 is 11.1 Å². The van der Waals surface area contributed by atoms with Crippen molar-refractivity contribution in [3.8, 4) is 0 Å². The summed E-state index contributed by atoms with van der Waals surface area (Å²) in [5.41, 5.74) is 6.96. The van der Waals surface area contributed by atoms with E-state index in [-0.39, 0.29) is 5.91 Å². The van der Waals surface area contributed by atoms with E-state index in [0.717, 1.165) is 18.7 Å². The summed E-state index contributed by atoms with van der Waals surface area (Å²) >= 11 is 2.05. The van der Waals surface area contributed by atoms with Crippen molar-refractivity contribution < 1.29 is 4.79 Å². The van der Waals surface area contributed by atoms with E-state index in [9.17, 15) is 4.79 Å². The maximum Gasteiger partial charge on any atom is 0.248 e. The molecule has 1 heterocycles. The molecule has 0 radical (unpaired) electrons. The average molecular weight is 264 g/mol. The molecule has 1 aliphatic rings. The molecule has 1 saturated heterocycles. The zero-order valence-electron chi connectivity index (χ0n) is 10.7. The lowest BCUT2D eigenvalue weighted by molar-refractivity contribution is 0.1000. The summed E-state index contributed by atoms with van der Waals surface area (Å²) in [6, 6.07) is 7.51. The van der Waals surface area contributed by atoms with Crippen molar-refractivity contribution in [1.29, 1.82) is 0 Å². The number of hydrogen-bond donors (Lipinski definition) is 2. The number of primary amides is 1.